The maximum Gasteiger partial charge on any atom is 0.119 e. The summed E-state index contributed by atoms with van der Waals surface area (Å²) < 4.78 is 5.19. The molecule has 2 rings (SSSR count). The molecule has 1 aromatic carbocycles. The summed E-state index contributed by atoms with van der Waals surface area (Å²) in [5.74, 6) is 1.34. The van der Waals surface area contributed by atoms with Crippen LogP contribution in [0, 0.1) is 5.92 Å². The Labute approximate surface area is 121 Å². The molecule has 1 heterocycles. The molecular formula is C16H25NO3. The molecule has 0 amide bonds. The van der Waals surface area contributed by atoms with Crippen LogP contribution in [0.25, 0.3) is 0 Å². The van der Waals surface area contributed by atoms with Crippen LogP contribution in [0.15, 0.2) is 24.3 Å². The molecule has 1 aliphatic heterocycles. The van der Waals surface area contributed by atoms with E-state index in [1.165, 1.54) is 6.42 Å². The SMILES string of the molecule is COc1cccc(C(O)CN2CCCC(CCO)C2)c1. The zero-order valence-electron chi connectivity index (χ0n) is 12.2. The van der Waals surface area contributed by atoms with Crippen molar-refractivity contribution in [1.29, 1.82) is 0 Å². The Balaban J connectivity index is 1.91. The van der Waals surface area contributed by atoms with E-state index < -0.39 is 6.10 Å². The standard InChI is InChI=1S/C16H25NO3/c1-20-15-6-2-5-14(10-15)16(19)12-17-8-3-4-13(11-17)7-9-18/h2,5-6,10,13,16,18-19H,3-4,7-9,11-12H2,1H3. The van der Waals surface area contributed by atoms with Crippen molar-refractivity contribution >= 4 is 0 Å². The van der Waals surface area contributed by atoms with Gasteiger partial charge in [-0.1, -0.05) is 12.1 Å². The smallest absolute Gasteiger partial charge is 0.119 e. The molecule has 2 atom stereocenters. The zero-order valence-corrected chi connectivity index (χ0v) is 12.2. The van der Waals surface area contributed by atoms with E-state index in [0.717, 1.165) is 37.2 Å². The molecule has 4 nitrogen and oxygen atoms in total. The number of benzene rings is 1. The van der Waals surface area contributed by atoms with Gasteiger partial charge < -0.3 is 19.8 Å². The molecule has 1 saturated heterocycles. The van der Waals surface area contributed by atoms with Crippen molar-refractivity contribution in [3.05, 3.63) is 29.8 Å². The Bertz CT molecular complexity index is 408. The summed E-state index contributed by atoms with van der Waals surface area (Å²) in [4.78, 5) is 2.30. The number of hydrogen-bond acceptors (Lipinski definition) is 4. The third-order valence-electron chi connectivity index (χ3n) is 4.05. The highest BCUT2D eigenvalue weighted by molar-refractivity contribution is 5.29. The molecule has 1 fully saturated rings. The molecule has 4 heteroatoms. The van der Waals surface area contributed by atoms with Crippen LogP contribution in [0.4, 0.5) is 0 Å². The van der Waals surface area contributed by atoms with Gasteiger partial charge in [0, 0.05) is 19.7 Å². The first kappa shape index (κ1) is 15.3. The van der Waals surface area contributed by atoms with Crippen LogP contribution in [0.1, 0.15) is 30.9 Å². The summed E-state index contributed by atoms with van der Waals surface area (Å²) in [5.41, 5.74) is 0.897. The summed E-state index contributed by atoms with van der Waals surface area (Å²) >= 11 is 0. The highest BCUT2D eigenvalue weighted by Gasteiger charge is 2.22. The van der Waals surface area contributed by atoms with E-state index in [0.29, 0.717) is 12.5 Å². The van der Waals surface area contributed by atoms with Crippen molar-refractivity contribution in [3.8, 4) is 5.75 Å². The summed E-state index contributed by atoms with van der Waals surface area (Å²) in [5, 5.41) is 19.4. The van der Waals surface area contributed by atoms with E-state index in [2.05, 4.69) is 4.90 Å². The van der Waals surface area contributed by atoms with Gasteiger partial charge in [-0.3, -0.25) is 0 Å². The lowest BCUT2D eigenvalue weighted by Crippen LogP contribution is -2.38. The predicted octanol–water partition coefficient (Wildman–Crippen LogP) is 1.82. The third kappa shape index (κ3) is 4.20. The van der Waals surface area contributed by atoms with Gasteiger partial charge in [0.15, 0.2) is 0 Å². The number of likely N-dealkylation sites (tertiary alicyclic amines) is 1. The van der Waals surface area contributed by atoms with Crippen LogP contribution in [0.2, 0.25) is 0 Å². The molecule has 2 N–H and O–H groups in total. The Kier molecular flexibility index (Phi) is 5.83. The number of aliphatic hydroxyl groups excluding tert-OH is 2. The van der Waals surface area contributed by atoms with Crippen LogP contribution in [-0.4, -0.2) is 48.5 Å². The third-order valence-corrected chi connectivity index (χ3v) is 4.05. The molecule has 112 valence electrons. The van der Waals surface area contributed by atoms with E-state index in [1.807, 2.05) is 24.3 Å². The fraction of sp³-hybridized carbons (Fsp3) is 0.625. The number of hydrogen-bond donors (Lipinski definition) is 2. The lowest BCUT2D eigenvalue weighted by Gasteiger charge is -2.33. The fourth-order valence-electron chi connectivity index (χ4n) is 2.93. The minimum Gasteiger partial charge on any atom is -0.497 e. The molecule has 0 bridgehead atoms. The number of nitrogens with zero attached hydrogens (tertiary/aromatic N) is 1. The lowest BCUT2D eigenvalue weighted by molar-refractivity contribution is 0.0780. The van der Waals surface area contributed by atoms with E-state index in [1.54, 1.807) is 7.11 Å². The molecular weight excluding hydrogens is 254 g/mol. The van der Waals surface area contributed by atoms with Crippen molar-refractivity contribution in [3.63, 3.8) is 0 Å². The molecule has 1 aromatic rings. The van der Waals surface area contributed by atoms with E-state index in [-0.39, 0.29) is 6.61 Å². The van der Waals surface area contributed by atoms with E-state index in [4.69, 9.17) is 9.84 Å². The predicted molar refractivity (Wildman–Crippen MR) is 78.8 cm³/mol. The molecule has 2 unspecified atom stereocenters. The van der Waals surface area contributed by atoms with Crippen LogP contribution in [0.5, 0.6) is 5.75 Å². The van der Waals surface area contributed by atoms with Crippen molar-refractivity contribution in [2.75, 3.05) is 33.4 Å². The summed E-state index contributed by atoms with van der Waals surface area (Å²) in [6, 6.07) is 7.61. The summed E-state index contributed by atoms with van der Waals surface area (Å²) in [6.45, 7) is 2.91. The largest absolute Gasteiger partial charge is 0.497 e. The average molecular weight is 279 g/mol. The number of piperidine rings is 1. The van der Waals surface area contributed by atoms with Crippen molar-refractivity contribution in [2.45, 2.75) is 25.4 Å². The summed E-state index contributed by atoms with van der Waals surface area (Å²) in [7, 11) is 1.63. The second-order valence-electron chi connectivity index (χ2n) is 5.57. The number of aliphatic hydroxyl groups is 2. The number of β-amino-alcohol motifs (C(OH)–C–C–N with tert-alkyl or cyclic N) is 1. The second kappa shape index (κ2) is 7.62. The van der Waals surface area contributed by atoms with Gasteiger partial charge in [-0.2, -0.15) is 0 Å². The first-order chi connectivity index (χ1) is 9.72. The Morgan fingerprint density at radius 2 is 2.30 bits per heavy atom. The van der Waals surface area contributed by atoms with Crippen molar-refractivity contribution in [1.82, 2.24) is 4.90 Å². The topological polar surface area (TPSA) is 52.9 Å². The van der Waals surface area contributed by atoms with E-state index >= 15 is 0 Å². The van der Waals surface area contributed by atoms with E-state index in [9.17, 15) is 5.11 Å². The first-order valence-electron chi connectivity index (χ1n) is 7.38. The minimum absolute atomic E-state index is 0.261. The molecule has 1 aliphatic rings. The molecule has 0 saturated carbocycles. The second-order valence-corrected chi connectivity index (χ2v) is 5.57. The van der Waals surface area contributed by atoms with Crippen LogP contribution in [0.3, 0.4) is 0 Å². The van der Waals surface area contributed by atoms with Gasteiger partial charge in [-0.05, 0) is 49.4 Å². The van der Waals surface area contributed by atoms with Crippen molar-refractivity contribution in [2.24, 2.45) is 5.92 Å². The number of rotatable bonds is 6. The van der Waals surface area contributed by atoms with Gasteiger partial charge in [0.2, 0.25) is 0 Å². The van der Waals surface area contributed by atoms with Crippen molar-refractivity contribution < 1.29 is 14.9 Å². The van der Waals surface area contributed by atoms with Gasteiger partial charge in [-0.15, -0.1) is 0 Å². The Morgan fingerprint density at radius 1 is 1.45 bits per heavy atom. The molecule has 0 aliphatic carbocycles. The molecule has 0 aromatic heterocycles. The van der Waals surface area contributed by atoms with Gasteiger partial charge >= 0.3 is 0 Å². The maximum absolute atomic E-state index is 10.4. The molecule has 0 spiro atoms. The minimum atomic E-state index is -0.488. The quantitative estimate of drug-likeness (QED) is 0.834. The normalized spacial score (nSPS) is 21.6. The Morgan fingerprint density at radius 3 is 3.05 bits per heavy atom. The summed E-state index contributed by atoms with van der Waals surface area (Å²) in [6.07, 6.45) is 2.71. The maximum atomic E-state index is 10.4. The Hall–Kier alpha value is -1.10. The van der Waals surface area contributed by atoms with Gasteiger partial charge in [-0.25, -0.2) is 0 Å². The van der Waals surface area contributed by atoms with Gasteiger partial charge in [0.1, 0.15) is 5.75 Å². The van der Waals surface area contributed by atoms with Gasteiger partial charge in [0.25, 0.3) is 0 Å². The van der Waals surface area contributed by atoms with Crippen LogP contribution in [-0.2, 0) is 0 Å². The fourth-order valence-corrected chi connectivity index (χ4v) is 2.93. The number of methoxy groups -OCH3 is 1. The van der Waals surface area contributed by atoms with Crippen LogP contribution >= 0.6 is 0 Å². The zero-order chi connectivity index (χ0) is 14.4. The monoisotopic (exact) mass is 279 g/mol. The lowest BCUT2D eigenvalue weighted by atomic mass is 9.94. The van der Waals surface area contributed by atoms with Crippen LogP contribution < -0.4 is 4.74 Å². The highest BCUT2D eigenvalue weighted by Crippen LogP contribution is 2.24. The molecule has 20 heavy (non-hydrogen) atoms. The number of ether oxygens (including phenoxy) is 1. The average Bonchev–Trinajstić information content (AvgIpc) is 2.48. The van der Waals surface area contributed by atoms with Gasteiger partial charge in [0.05, 0.1) is 13.2 Å². The molecule has 0 radical (unpaired) electrons. The first-order valence-corrected chi connectivity index (χ1v) is 7.38. The highest BCUT2D eigenvalue weighted by atomic mass is 16.5.